The van der Waals surface area contributed by atoms with Gasteiger partial charge in [0, 0.05) is 25.1 Å². The molecule has 4 heteroatoms. The van der Waals surface area contributed by atoms with E-state index in [-0.39, 0.29) is 0 Å². The first-order valence-corrected chi connectivity index (χ1v) is 6.33. The molecule has 1 aliphatic heterocycles. The van der Waals surface area contributed by atoms with Crippen LogP contribution in [0, 0.1) is 0 Å². The Kier molecular flexibility index (Phi) is 4.66. The first-order chi connectivity index (χ1) is 8.31. The average Bonchev–Trinajstić information content (AvgIpc) is 2.76. The normalized spacial score (nSPS) is 13.5. The molecule has 1 aromatic carbocycles. The summed E-state index contributed by atoms with van der Waals surface area (Å²) in [6.45, 7) is 3.31. The number of ether oxygens (including phenoxy) is 2. The van der Waals surface area contributed by atoms with Crippen LogP contribution < -0.4 is 10.1 Å². The summed E-state index contributed by atoms with van der Waals surface area (Å²) in [5.74, 6) is 1.04. The van der Waals surface area contributed by atoms with Crippen molar-refractivity contribution in [3.05, 3.63) is 28.3 Å². The molecule has 1 aromatic rings. The van der Waals surface area contributed by atoms with Crippen molar-refractivity contribution in [1.29, 1.82) is 0 Å². The first kappa shape index (κ1) is 12.7. The molecule has 3 nitrogen and oxygen atoms in total. The zero-order valence-corrected chi connectivity index (χ0v) is 10.8. The Morgan fingerprint density at radius 1 is 1.41 bits per heavy atom. The van der Waals surface area contributed by atoms with Gasteiger partial charge < -0.3 is 14.8 Å². The average molecular weight is 256 g/mol. The molecular formula is C13H18ClNO2. The van der Waals surface area contributed by atoms with Gasteiger partial charge in [0.15, 0.2) is 0 Å². The summed E-state index contributed by atoms with van der Waals surface area (Å²) in [6.07, 6.45) is 1.91. The molecule has 0 radical (unpaired) electrons. The Balaban J connectivity index is 1.92. The van der Waals surface area contributed by atoms with E-state index in [1.54, 1.807) is 7.11 Å². The fourth-order valence-corrected chi connectivity index (χ4v) is 2.32. The van der Waals surface area contributed by atoms with Gasteiger partial charge in [-0.2, -0.15) is 0 Å². The predicted molar refractivity (Wildman–Crippen MR) is 69.1 cm³/mol. The van der Waals surface area contributed by atoms with Gasteiger partial charge in [0.1, 0.15) is 5.75 Å². The summed E-state index contributed by atoms with van der Waals surface area (Å²) in [7, 11) is 1.71. The minimum Gasteiger partial charge on any atom is -0.493 e. The number of nitrogens with one attached hydrogen (secondary N) is 1. The largest absolute Gasteiger partial charge is 0.493 e. The summed E-state index contributed by atoms with van der Waals surface area (Å²) in [4.78, 5) is 0. The number of methoxy groups -OCH3 is 1. The highest BCUT2D eigenvalue weighted by atomic mass is 35.5. The molecule has 0 saturated heterocycles. The van der Waals surface area contributed by atoms with Crippen molar-refractivity contribution in [2.24, 2.45) is 0 Å². The second kappa shape index (κ2) is 6.24. The molecule has 0 amide bonds. The van der Waals surface area contributed by atoms with E-state index >= 15 is 0 Å². The maximum atomic E-state index is 6.10. The van der Waals surface area contributed by atoms with Crippen molar-refractivity contribution in [1.82, 2.24) is 5.32 Å². The number of hydrogen-bond donors (Lipinski definition) is 1. The lowest BCUT2D eigenvalue weighted by atomic mass is 10.1. The van der Waals surface area contributed by atoms with Gasteiger partial charge in [0.25, 0.3) is 0 Å². The van der Waals surface area contributed by atoms with Crippen LogP contribution in [0.3, 0.4) is 0 Å². The van der Waals surface area contributed by atoms with Crippen LogP contribution in [0.25, 0.3) is 0 Å². The monoisotopic (exact) mass is 255 g/mol. The van der Waals surface area contributed by atoms with Crippen molar-refractivity contribution >= 4 is 11.6 Å². The Hall–Kier alpha value is -0.770. The van der Waals surface area contributed by atoms with E-state index in [1.807, 2.05) is 12.1 Å². The third-order valence-electron chi connectivity index (χ3n) is 2.88. The van der Waals surface area contributed by atoms with Crippen LogP contribution in [-0.4, -0.2) is 33.4 Å². The molecular weight excluding hydrogens is 238 g/mol. The Morgan fingerprint density at radius 3 is 3.12 bits per heavy atom. The van der Waals surface area contributed by atoms with E-state index in [0.29, 0.717) is 0 Å². The first-order valence-electron chi connectivity index (χ1n) is 5.95. The Morgan fingerprint density at radius 2 is 2.29 bits per heavy atom. The van der Waals surface area contributed by atoms with Gasteiger partial charge >= 0.3 is 0 Å². The third-order valence-corrected chi connectivity index (χ3v) is 3.10. The van der Waals surface area contributed by atoms with Crippen LogP contribution in [0.15, 0.2) is 12.1 Å². The molecule has 0 spiro atoms. The predicted octanol–water partition coefficient (Wildman–Crippen LogP) is 2.05. The van der Waals surface area contributed by atoms with Crippen molar-refractivity contribution in [3.63, 3.8) is 0 Å². The fraction of sp³-hybridized carbons (Fsp3) is 0.538. The number of rotatable bonds is 6. The van der Waals surface area contributed by atoms with Crippen molar-refractivity contribution in [3.8, 4) is 5.75 Å². The lowest BCUT2D eigenvalue weighted by molar-refractivity contribution is 0.199. The highest BCUT2D eigenvalue weighted by Crippen LogP contribution is 2.32. The molecule has 0 bridgehead atoms. The van der Waals surface area contributed by atoms with Gasteiger partial charge in [0.05, 0.1) is 13.2 Å². The van der Waals surface area contributed by atoms with Crippen LogP contribution in [0.5, 0.6) is 5.75 Å². The van der Waals surface area contributed by atoms with Crippen LogP contribution in [0.2, 0.25) is 5.02 Å². The number of hydrogen-bond acceptors (Lipinski definition) is 3. The zero-order valence-electron chi connectivity index (χ0n) is 10.1. The van der Waals surface area contributed by atoms with E-state index in [2.05, 4.69) is 5.32 Å². The SMILES string of the molecule is COCCNCCc1cc(Cl)cc2c1OCC2. The summed E-state index contributed by atoms with van der Waals surface area (Å²) in [5.41, 5.74) is 2.44. The molecule has 1 heterocycles. The quantitative estimate of drug-likeness (QED) is 0.790. The molecule has 17 heavy (non-hydrogen) atoms. The number of halogens is 1. The maximum Gasteiger partial charge on any atom is 0.125 e. The summed E-state index contributed by atoms with van der Waals surface area (Å²) < 4.78 is 10.6. The molecule has 1 aliphatic rings. The van der Waals surface area contributed by atoms with Crippen molar-refractivity contribution < 1.29 is 9.47 Å². The fourth-order valence-electron chi connectivity index (χ4n) is 2.05. The lowest BCUT2D eigenvalue weighted by Gasteiger charge is -2.09. The molecule has 0 fully saturated rings. The van der Waals surface area contributed by atoms with E-state index < -0.39 is 0 Å². The van der Waals surface area contributed by atoms with Gasteiger partial charge in [-0.25, -0.2) is 0 Å². The minimum atomic E-state index is 0.740. The van der Waals surface area contributed by atoms with E-state index in [9.17, 15) is 0 Å². The lowest BCUT2D eigenvalue weighted by Crippen LogP contribution is -2.21. The van der Waals surface area contributed by atoms with Gasteiger partial charge in [0.2, 0.25) is 0 Å². The van der Waals surface area contributed by atoms with Crippen LogP contribution in [-0.2, 0) is 17.6 Å². The smallest absolute Gasteiger partial charge is 0.125 e. The molecule has 2 rings (SSSR count). The standard InChI is InChI=1S/C13H18ClNO2/c1-16-7-5-15-4-2-10-8-12(14)9-11-3-6-17-13(10)11/h8-9,15H,2-7H2,1H3. The van der Waals surface area contributed by atoms with E-state index in [4.69, 9.17) is 21.1 Å². The van der Waals surface area contributed by atoms with Crippen LogP contribution >= 0.6 is 11.6 Å². The van der Waals surface area contributed by atoms with Crippen molar-refractivity contribution in [2.75, 3.05) is 33.4 Å². The highest BCUT2D eigenvalue weighted by molar-refractivity contribution is 6.30. The molecule has 0 atom stereocenters. The molecule has 0 aliphatic carbocycles. The third kappa shape index (κ3) is 3.35. The Bertz CT molecular complexity index is 382. The zero-order chi connectivity index (χ0) is 12.1. The maximum absolute atomic E-state index is 6.10. The van der Waals surface area contributed by atoms with Crippen LogP contribution in [0.1, 0.15) is 11.1 Å². The minimum absolute atomic E-state index is 0.740. The number of benzene rings is 1. The van der Waals surface area contributed by atoms with Crippen LogP contribution in [0.4, 0.5) is 0 Å². The van der Waals surface area contributed by atoms with Gasteiger partial charge in [-0.15, -0.1) is 0 Å². The Labute approximate surface area is 107 Å². The molecule has 0 unspecified atom stereocenters. The van der Waals surface area contributed by atoms with Gasteiger partial charge in [-0.1, -0.05) is 11.6 Å². The number of fused-ring (bicyclic) bond motifs is 1. The van der Waals surface area contributed by atoms with E-state index in [1.165, 1.54) is 11.1 Å². The van der Waals surface area contributed by atoms with Gasteiger partial charge in [-0.05, 0) is 36.2 Å². The highest BCUT2D eigenvalue weighted by Gasteiger charge is 2.16. The van der Waals surface area contributed by atoms with E-state index in [0.717, 1.165) is 49.9 Å². The second-order valence-corrected chi connectivity index (χ2v) is 4.58. The molecule has 94 valence electrons. The van der Waals surface area contributed by atoms with Gasteiger partial charge in [-0.3, -0.25) is 0 Å². The molecule has 0 aromatic heterocycles. The second-order valence-electron chi connectivity index (χ2n) is 4.14. The van der Waals surface area contributed by atoms with Crippen molar-refractivity contribution in [2.45, 2.75) is 12.8 Å². The topological polar surface area (TPSA) is 30.5 Å². The molecule has 0 saturated carbocycles. The summed E-state index contributed by atoms with van der Waals surface area (Å²) in [5, 5.41) is 4.13. The summed E-state index contributed by atoms with van der Waals surface area (Å²) >= 11 is 6.10. The molecule has 1 N–H and O–H groups in total. The summed E-state index contributed by atoms with van der Waals surface area (Å²) in [6, 6.07) is 4.01.